The normalized spacial score (nSPS) is 16.9. The van der Waals surface area contributed by atoms with Crippen LogP contribution in [0.3, 0.4) is 0 Å². The van der Waals surface area contributed by atoms with E-state index in [0.29, 0.717) is 22.3 Å². The molecule has 0 unspecified atom stereocenters. The second-order valence-electron chi connectivity index (χ2n) is 6.54. The summed E-state index contributed by atoms with van der Waals surface area (Å²) in [5.74, 6) is -0.00448. The molecule has 1 aliphatic heterocycles. The molecule has 11 heteroatoms. The minimum Gasteiger partial charge on any atom is -0.346 e. The highest BCUT2D eigenvalue weighted by atomic mass is 32.2. The van der Waals surface area contributed by atoms with Crippen molar-refractivity contribution in [3.63, 3.8) is 0 Å². The van der Waals surface area contributed by atoms with Crippen LogP contribution in [-0.2, 0) is 15.6 Å². The van der Waals surface area contributed by atoms with Crippen LogP contribution in [0, 0.1) is 11.3 Å². The van der Waals surface area contributed by atoms with Gasteiger partial charge in [-0.05, 0) is 13.0 Å². The second-order valence-corrected chi connectivity index (χ2v) is 8.80. The average Bonchev–Trinajstić information content (AvgIpc) is 3.24. The van der Waals surface area contributed by atoms with Crippen LogP contribution in [0.5, 0.6) is 0 Å². The second kappa shape index (κ2) is 6.04. The molecule has 0 atom stereocenters. The molecule has 1 fully saturated rings. The van der Waals surface area contributed by atoms with Crippen molar-refractivity contribution >= 4 is 21.1 Å². The third-order valence-corrected chi connectivity index (χ3v) is 6.73. The first kappa shape index (κ1) is 17.4. The van der Waals surface area contributed by atoms with Crippen LogP contribution in [0.4, 0.5) is 0 Å². The van der Waals surface area contributed by atoms with Gasteiger partial charge >= 0.3 is 0 Å². The lowest BCUT2D eigenvalue weighted by molar-refractivity contribution is 0.0714. The number of rotatable bonds is 5. The molecule has 10 nitrogen and oxygen atoms in total. The molecule has 3 aromatic rings. The Kier molecular flexibility index (Phi) is 3.90. The summed E-state index contributed by atoms with van der Waals surface area (Å²) in [6.07, 6.45) is 4.76. The summed E-state index contributed by atoms with van der Waals surface area (Å²) in [6.45, 7) is 1.86. The maximum absolute atomic E-state index is 12.6. The molecule has 3 aromatic heterocycles. The van der Waals surface area contributed by atoms with Crippen LogP contribution >= 0.6 is 0 Å². The van der Waals surface area contributed by atoms with E-state index in [2.05, 4.69) is 26.1 Å². The Labute approximate surface area is 154 Å². The fourth-order valence-corrected chi connectivity index (χ4v) is 4.63. The van der Waals surface area contributed by atoms with E-state index in [9.17, 15) is 18.5 Å². The summed E-state index contributed by atoms with van der Waals surface area (Å²) < 4.78 is 27.0. The average molecular weight is 387 g/mol. The van der Waals surface area contributed by atoms with Crippen molar-refractivity contribution in [1.29, 1.82) is 5.26 Å². The van der Waals surface area contributed by atoms with E-state index >= 15 is 0 Å². The highest BCUT2D eigenvalue weighted by Gasteiger charge is 2.49. The third-order valence-electron chi connectivity index (χ3n) is 4.95. The van der Waals surface area contributed by atoms with Gasteiger partial charge in [0.2, 0.25) is 10.0 Å². The van der Waals surface area contributed by atoms with Crippen LogP contribution < -0.4 is 5.56 Å². The quantitative estimate of drug-likeness (QED) is 0.649. The van der Waals surface area contributed by atoms with Gasteiger partial charge in [0.15, 0.2) is 0 Å². The topological polar surface area (TPSA) is 141 Å². The summed E-state index contributed by atoms with van der Waals surface area (Å²) in [7, 11) is -3.34. The number of nitrogens with zero attached hydrogens (tertiary/aromatic N) is 5. The molecule has 1 saturated heterocycles. The maximum Gasteiger partial charge on any atom is 0.273 e. The summed E-state index contributed by atoms with van der Waals surface area (Å²) in [5, 5.41) is 12.7. The number of sulfonamides is 1. The lowest BCUT2D eigenvalue weighted by Gasteiger charge is -2.48. The molecule has 0 bridgehead atoms. The van der Waals surface area contributed by atoms with Crippen molar-refractivity contribution in [2.75, 3.05) is 18.8 Å². The Morgan fingerprint density at radius 3 is 2.85 bits per heavy atom. The van der Waals surface area contributed by atoms with Gasteiger partial charge in [-0.15, -0.1) is 0 Å². The zero-order chi connectivity index (χ0) is 19.2. The van der Waals surface area contributed by atoms with E-state index in [1.54, 1.807) is 30.1 Å². The van der Waals surface area contributed by atoms with Gasteiger partial charge in [0.25, 0.3) is 5.56 Å². The molecule has 0 amide bonds. The van der Waals surface area contributed by atoms with Crippen molar-refractivity contribution in [2.45, 2.75) is 18.9 Å². The molecule has 0 spiro atoms. The molecule has 4 rings (SSSR count). The molecular weight excluding hydrogens is 370 g/mol. The molecule has 1 aliphatic rings. The van der Waals surface area contributed by atoms with Crippen LogP contribution in [0.2, 0.25) is 0 Å². The van der Waals surface area contributed by atoms with E-state index in [4.69, 9.17) is 0 Å². The highest BCUT2D eigenvalue weighted by Crippen LogP contribution is 2.35. The Bertz CT molecular complexity index is 1210. The molecule has 4 heterocycles. The first-order valence-corrected chi connectivity index (χ1v) is 9.96. The molecule has 0 aliphatic carbocycles. The molecular formula is C16H17N7O3S. The number of nitrogens with one attached hydrogen (secondary N) is 2. The van der Waals surface area contributed by atoms with Crippen molar-refractivity contribution in [1.82, 2.24) is 29.0 Å². The van der Waals surface area contributed by atoms with Gasteiger partial charge in [-0.3, -0.25) is 14.6 Å². The SMILES string of the molecule is CCS(=O)(=O)N1CC(CC#N)(n2cc(-c3ncnc4[nH]ccc34)c(=O)[nH]2)C1. The first-order valence-electron chi connectivity index (χ1n) is 8.35. The number of aromatic amines is 2. The molecule has 0 radical (unpaired) electrons. The lowest BCUT2D eigenvalue weighted by Crippen LogP contribution is -2.64. The zero-order valence-electron chi connectivity index (χ0n) is 14.5. The summed E-state index contributed by atoms with van der Waals surface area (Å²) in [6, 6.07) is 3.88. The zero-order valence-corrected chi connectivity index (χ0v) is 15.3. The number of aromatic nitrogens is 5. The summed E-state index contributed by atoms with van der Waals surface area (Å²) >= 11 is 0. The molecule has 27 heavy (non-hydrogen) atoms. The Balaban J connectivity index is 1.75. The fraction of sp³-hybridized carbons (Fsp3) is 0.375. The van der Waals surface area contributed by atoms with Gasteiger partial charge in [0.05, 0.1) is 29.5 Å². The maximum atomic E-state index is 12.6. The van der Waals surface area contributed by atoms with E-state index in [1.807, 2.05) is 0 Å². The summed E-state index contributed by atoms with van der Waals surface area (Å²) in [5.41, 5.74) is 0.286. The van der Waals surface area contributed by atoms with Gasteiger partial charge in [-0.25, -0.2) is 18.4 Å². The Hall–Kier alpha value is -2.97. The van der Waals surface area contributed by atoms with Crippen LogP contribution in [-0.4, -0.2) is 56.3 Å². The monoisotopic (exact) mass is 387 g/mol. The van der Waals surface area contributed by atoms with E-state index in [0.717, 1.165) is 0 Å². The van der Waals surface area contributed by atoms with Gasteiger partial charge in [-0.1, -0.05) is 0 Å². The third kappa shape index (κ3) is 2.65. The minimum absolute atomic E-state index is 0.00448. The standard InChI is InChI=1S/C16H17N7O3S/c1-2-27(25,26)22-8-16(9-22,4-5-17)23-7-12(15(24)21-23)13-11-3-6-18-14(11)20-10-19-13/h3,6-7,10H,2,4,8-9H2,1H3,(H,21,24)(H,18,19,20). The van der Waals surface area contributed by atoms with E-state index in [-0.39, 0.29) is 30.8 Å². The Morgan fingerprint density at radius 1 is 1.37 bits per heavy atom. The number of H-pyrrole nitrogens is 2. The van der Waals surface area contributed by atoms with Crippen molar-refractivity contribution in [3.05, 3.63) is 35.1 Å². The largest absolute Gasteiger partial charge is 0.346 e. The first-order chi connectivity index (χ1) is 12.9. The van der Waals surface area contributed by atoms with Gasteiger partial charge < -0.3 is 4.98 Å². The van der Waals surface area contributed by atoms with Crippen molar-refractivity contribution in [2.24, 2.45) is 0 Å². The van der Waals surface area contributed by atoms with Gasteiger partial charge in [0, 0.05) is 30.9 Å². The molecule has 0 saturated carbocycles. The van der Waals surface area contributed by atoms with Crippen molar-refractivity contribution in [3.8, 4) is 17.3 Å². The van der Waals surface area contributed by atoms with Crippen LogP contribution in [0.15, 0.2) is 29.6 Å². The predicted molar refractivity (Wildman–Crippen MR) is 97.2 cm³/mol. The number of nitriles is 1. The van der Waals surface area contributed by atoms with Crippen LogP contribution in [0.25, 0.3) is 22.3 Å². The number of hydrogen-bond donors (Lipinski definition) is 2. The van der Waals surface area contributed by atoms with Crippen LogP contribution in [0.1, 0.15) is 13.3 Å². The lowest BCUT2D eigenvalue weighted by atomic mass is 9.89. The predicted octanol–water partition coefficient (Wildman–Crippen LogP) is 0.389. The molecule has 140 valence electrons. The minimum atomic E-state index is -3.34. The molecule has 0 aromatic carbocycles. The van der Waals surface area contributed by atoms with Gasteiger partial charge in [-0.2, -0.15) is 9.57 Å². The highest BCUT2D eigenvalue weighted by molar-refractivity contribution is 7.89. The van der Waals surface area contributed by atoms with E-state index in [1.165, 1.54) is 10.6 Å². The summed E-state index contributed by atoms with van der Waals surface area (Å²) in [4.78, 5) is 23.9. The Morgan fingerprint density at radius 2 is 2.15 bits per heavy atom. The van der Waals surface area contributed by atoms with E-state index < -0.39 is 15.6 Å². The number of fused-ring (bicyclic) bond motifs is 1. The van der Waals surface area contributed by atoms with Gasteiger partial charge in [0.1, 0.15) is 17.5 Å². The van der Waals surface area contributed by atoms with Crippen molar-refractivity contribution < 1.29 is 8.42 Å². The molecule has 2 N–H and O–H groups in total. The smallest absolute Gasteiger partial charge is 0.273 e. The fourth-order valence-electron chi connectivity index (χ4n) is 3.39. The number of hydrogen-bond acceptors (Lipinski definition) is 6.